The summed E-state index contributed by atoms with van der Waals surface area (Å²) in [6.45, 7) is 4.11. The van der Waals surface area contributed by atoms with Gasteiger partial charge < -0.3 is 15.5 Å². The molecule has 35 heavy (non-hydrogen) atoms. The van der Waals surface area contributed by atoms with Gasteiger partial charge in [-0.3, -0.25) is 4.79 Å². The summed E-state index contributed by atoms with van der Waals surface area (Å²) in [6, 6.07) is 24.9. The first kappa shape index (κ1) is 25.6. The molecule has 1 aromatic heterocycles. The van der Waals surface area contributed by atoms with Gasteiger partial charge in [-0.2, -0.15) is 0 Å². The van der Waals surface area contributed by atoms with Crippen molar-refractivity contribution in [3.8, 4) is 0 Å². The lowest BCUT2D eigenvalue weighted by Gasteiger charge is -2.37. The van der Waals surface area contributed by atoms with E-state index in [9.17, 15) is 4.79 Å². The van der Waals surface area contributed by atoms with Crippen molar-refractivity contribution in [1.82, 2.24) is 9.80 Å². The number of nitrogens with two attached hydrogens (primary N) is 1. The van der Waals surface area contributed by atoms with Gasteiger partial charge in [-0.25, -0.2) is 0 Å². The molecule has 1 amide bonds. The van der Waals surface area contributed by atoms with Crippen LogP contribution in [0.25, 0.3) is 0 Å². The van der Waals surface area contributed by atoms with Crippen LogP contribution >= 0.6 is 11.3 Å². The fourth-order valence-corrected chi connectivity index (χ4v) is 6.75. The fourth-order valence-electron chi connectivity index (χ4n) is 5.65. The zero-order valence-electron chi connectivity index (χ0n) is 21.2. The highest BCUT2D eigenvalue weighted by Gasteiger charge is 2.49. The van der Waals surface area contributed by atoms with Crippen LogP contribution in [-0.2, 0) is 23.1 Å². The highest BCUT2D eigenvalue weighted by Crippen LogP contribution is 2.43. The summed E-state index contributed by atoms with van der Waals surface area (Å²) >= 11 is 1.97. The van der Waals surface area contributed by atoms with E-state index in [-0.39, 0.29) is 11.8 Å². The molecule has 5 heteroatoms. The predicted molar refractivity (Wildman–Crippen MR) is 147 cm³/mol. The minimum Gasteiger partial charge on any atom is -0.369 e. The van der Waals surface area contributed by atoms with Crippen molar-refractivity contribution in [1.29, 1.82) is 0 Å². The maximum Gasteiger partial charge on any atom is 0.232 e. The van der Waals surface area contributed by atoms with Crippen LogP contribution in [0, 0.1) is 5.92 Å². The first-order valence-electron chi connectivity index (χ1n) is 12.9. The third-order valence-electron chi connectivity index (χ3n) is 7.37. The molecule has 1 fully saturated rings. The van der Waals surface area contributed by atoms with Crippen molar-refractivity contribution in [2.75, 3.05) is 40.3 Å². The van der Waals surface area contributed by atoms with E-state index in [0.29, 0.717) is 0 Å². The van der Waals surface area contributed by atoms with E-state index < -0.39 is 5.41 Å². The minimum absolute atomic E-state index is 0.162. The van der Waals surface area contributed by atoms with Gasteiger partial charge in [0.2, 0.25) is 5.91 Å². The van der Waals surface area contributed by atoms with Crippen LogP contribution in [0.5, 0.6) is 0 Å². The number of hydrogen-bond acceptors (Lipinski definition) is 4. The van der Waals surface area contributed by atoms with Gasteiger partial charge in [-0.05, 0) is 95.0 Å². The molecule has 1 saturated heterocycles. The maximum absolute atomic E-state index is 13.2. The molecule has 186 valence electrons. The summed E-state index contributed by atoms with van der Waals surface area (Å²) in [5.41, 5.74) is 7.44. The molecule has 0 spiro atoms. The molecule has 2 heterocycles. The molecule has 2 aromatic carbocycles. The number of thiophene rings is 1. The molecular weight excluding hydrogens is 450 g/mol. The van der Waals surface area contributed by atoms with E-state index in [1.165, 1.54) is 22.6 Å². The van der Waals surface area contributed by atoms with Crippen molar-refractivity contribution in [2.45, 2.75) is 37.5 Å². The van der Waals surface area contributed by atoms with Gasteiger partial charge in [0.05, 0.1) is 0 Å². The highest BCUT2D eigenvalue weighted by molar-refractivity contribution is 7.11. The standard InChI is InChI=1S/C30H39N3OS/c1-32(2)20-9-15-27-17-18-28(35-27)16-10-21-33-22-19-26(23-33)30(29(31)34,24-11-5-3-6-12-24)25-13-7-4-8-14-25/h3-8,11-14,17-18,26H,9-10,15-16,19-23H2,1-2H3,(H2,31,34). The molecule has 1 atom stereocenters. The van der Waals surface area contributed by atoms with Crippen LogP contribution in [0.15, 0.2) is 72.8 Å². The van der Waals surface area contributed by atoms with Crippen molar-refractivity contribution in [3.63, 3.8) is 0 Å². The predicted octanol–water partition coefficient (Wildman–Crippen LogP) is 4.97. The van der Waals surface area contributed by atoms with Crippen LogP contribution < -0.4 is 5.73 Å². The summed E-state index contributed by atoms with van der Waals surface area (Å²) in [6.07, 6.45) is 5.63. The van der Waals surface area contributed by atoms with Gasteiger partial charge in [0.25, 0.3) is 0 Å². The number of carbonyl (C=O) groups is 1. The zero-order chi connectivity index (χ0) is 24.7. The van der Waals surface area contributed by atoms with Gasteiger partial charge in [0.1, 0.15) is 5.41 Å². The van der Waals surface area contributed by atoms with Crippen molar-refractivity contribution < 1.29 is 4.79 Å². The van der Waals surface area contributed by atoms with E-state index in [0.717, 1.165) is 56.6 Å². The summed E-state index contributed by atoms with van der Waals surface area (Å²) in [5.74, 6) is -0.0861. The Labute approximate surface area is 214 Å². The van der Waals surface area contributed by atoms with Gasteiger partial charge >= 0.3 is 0 Å². The third kappa shape index (κ3) is 6.03. The molecule has 4 rings (SSSR count). The summed E-state index contributed by atoms with van der Waals surface area (Å²) < 4.78 is 0. The summed E-state index contributed by atoms with van der Waals surface area (Å²) in [4.78, 5) is 21.0. The van der Waals surface area contributed by atoms with Crippen LogP contribution in [0.1, 0.15) is 40.1 Å². The average Bonchev–Trinajstić information content (AvgIpc) is 3.51. The molecular formula is C30H39N3OS. The van der Waals surface area contributed by atoms with E-state index in [2.05, 4.69) is 60.3 Å². The van der Waals surface area contributed by atoms with Crippen LogP contribution in [0.2, 0.25) is 0 Å². The van der Waals surface area contributed by atoms with Crippen molar-refractivity contribution in [2.24, 2.45) is 11.7 Å². The minimum atomic E-state index is -0.799. The van der Waals surface area contributed by atoms with E-state index in [1.54, 1.807) is 0 Å². The van der Waals surface area contributed by atoms with Gasteiger partial charge in [-0.1, -0.05) is 60.7 Å². The van der Waals surface area contributed by atoms with E-state index in [1.807, 2.05) is 47.7 Å². The Balaban J connectivity index is 1.40. The van der Waals surface area contributed by atoms with Crippen LogP contribution in [-0.4, -0.2) is 56.0 Å². The quantitative estimate of drug-likeness (QED) is 0.391. The highest BCUT2D eigenvalue weighted by atomic mass is 32.1. The number of hydrogen-bond donors (Lipinski definition) is 1. The number of rotatable bonds is 12. The second-order valence-corrected chi connectivity index (χ2v) is 11.3. The van der Waals surface area contributed by atoms with Crippen molar-refractivity contribution in [3.05, 3.63) is 93.7 Å². The molecule has 4 nitrogen and oxygen atoms in total. The lowest BCUT2D eigenvalue weighted by atomic mass is 9.64. The van der Waals surface area contributed by atoms with E-state index in [4.69, 9.17) is 5.73 Å². The largest absolute Gasteiger partial charge is 0.369 e. The van der Waals surface area contributed by atoms with Gasteiger partial charge in [0.15, 0.2) is 0 Å². The Bertz CT molecular complexity index is 1020. The first-order chi connectivity index (χ1) is 17.0. The number of carbonyl (C=O) groups excluding carboxylic acids is 1. The number of likely N-dealkylation sites (tertiary alicyclic amines) is 1. The number of amides is 1. The second-order valence-electron chi connectivity index (χ2n) is 10.1. The Morgan fingerprint density at radius 3 is 2.06 bits per heavy atom. The molecule has 1 aliphatic rings. The zero-order valence-corrected chi connectivity index (χ0v) is 22.0. The topological polar surface area (TPSA) is 49.6 Å². The van der Waals surface area contributed by atoms with Crippen LogP contribution in [0.3, 0.4) is 0 Å². The summed E-state index contributed by atoms with van der Waals surface area (Å²) in [5, 5.41) is 0. The van der Waals surface area contributed by atoms with Crippen LogP contribution in [0.4, 0.5) is 0 Å². The lowest BCUT2D eigenvalue weighted by molar-refractivity contribution is -0.123. The third-order valence-corrected chi connectivity index (χ3v) is 8.58. The van der Waals surface area contributed by atoms with Gasteiger partial charge in [-0.15, -0.1) is 11.3 Å². The van der Waals surface area contributed by atoms with Crippen molar-refractivity contribution >= 4 is 17.2 Å². The monoisotopic (exact) mass is 489 g/mol. The number of benzene rings is 2. The SMILES string of the molecule is CN(C)CCCc1ccc(CCCN2CCC(C(C(N)=O)(c3ccccc3)c3ccccc3)C2)s1. The molecule has 1 unspecified atom stereocenters. The Kier molecular flexibility index (Phi) is 8.77. The molecule has 3 aromatic rings. The normalized spacial score (nSPS) is 16.7. The molecule has 1 aliphatic heterocycles. The molecule has 0 aliphatic carbocycles. The lowest BCUT2D eigenvalue weighted by Crippen LogP contribution is -2.49. The number of primary amides is 1. The Morgan fingerprint density at radius 2 is 1.51 bits per heavy atom. The number of aryl methyl sites for hydroxylation is 2. The van der Waals surface area contributed by atoms with Gasteiger partial charge in [0, 0.05) is 16.3 Å². The number of nitrogens with zero attached hydrogens (tertiary/aromatic N) is 2. The maximum atomic E-state index is 13.2. The molecule has 0 bridgehead atoms. The summed E-state index contributed by atoms with van der Waals surface area (Å²) in [7, 11) is 4.27. The molecule has 0 saturated carbocycles. The smallest absolute Gasteiger partial charge is 0.232 e. The fraction of sp³-hybridized carbons (Fsp3) is 0.433. The molecule has 2 N–H and O–H groups in total. The Morgan fingerprint density at radius 1 is 0.943 bits per heavy atom. The Hall–Kier alpha value is -2.47. The first-order valence-corrected chi connectivity index (χ1v) is 13.7. The van der Waals surface area contributed by atoms with E-state index >= 15 is 0 Å². The molecule has 0 radical (unpaired) electrons. The average molecular weight is 490 g/mol. The second kappa shape index (κ2) is 12.0.